The number of hydrogen-bond donors (Lipinski definition) is 1. The van der Waals surface area contributed by atoms with Crippen molar-refractivity contribution in [2.75, 3.05) is 7.11 Å². The second-order valence-corrected chi connectivity index (χ2v) is 3.11. The summed E-state index contributed by atoms with van der Waals surface area (Å²) in [5.41, 5.74) is 1.09. The molecular weight excluding hydrogens is 181 g/mol. The van der Waals surface area contributed by atoms with Gasteiger partial charge >= 0.3 is 0 Å². The van der Waals surface area contributed by atoms with Crippen LogP contribution in [0.2, 0.25) is 0 Å². The molecule has 0 aliphatic carbocycles. The lowest BCUT2D eigenvalue weighted by Gasteiger charge is -2.02. The van der Waals surface area contributed by atoms with Gasteiger partial charge < -0.3 is 4.74 Å². The van der Waals surface area contributed by atoms with Gasteiger partial charge in [0.15, 0.2) is 5.90 Å². The molecule has 1 aromatic carbocycles. The summed E-state index contributed by atoms with van der Waals surface area (Å²) in [6.45, 7) is 0. The van der Waals surface area contributed by atoms with E-state index in [1.807, 2.05) is 0 Å². The Morgan fingerprint density at radius 2 is 2.00 bits per heavy atom. The lowest BCUT2D eigenvalue weighted by atomic mass is 10.1. The Morgan fingerprint density at radius 1 is 1.36 bits per heavy atom. The van der Waals surface area contributed by atoms with Crippen molar-refractivity contribution >= 4 is 5.90 Å². The van der Waals surface area contributed by atoms with Gasteiger partial charge in [0.2, 0.25) is 0 Å². The fourth-order valence-electron chi connectivity index (χ4n) is 1.21. The Hall–Kier alpha value is -1.38. The van der Waals surface area contributed by atoms with Crippen molar-refractivity contribution in [3.63, 3.8) is 0 Å². The third-order valence-corrected chi connectivity index (χ3v) is 2.03. The number of nitrogens with one attached hydrogen (secondary N) is 1. The van der Waals surface area contributed by atoms with Gasteiger partial charge in [0.25, 0.3) is 0 Å². The van der Waals surface area contributed by atoms with Crippen molar-refractivity contribution < 1.29 is 9.13 Å². The summed E-state index contributed by atoms with van der Waals surface area (Å²) < 4.78 is 17.3. The standard InChI is InChI=1S/C11H14FNO/c1-14-11(13)4-2-3-9-5-7-10(12)8-6-9/h5-8,13H,2-4H2,1H3. The molecule has 0 fully saturated rings. The first-order valence-electron chi connectivity index (χ1n) is 4.58. The Kier molecular flexibility index (Phi) is 4.11. The summed E-state index contributed by atoms with van der Waals surface area (Å²) in [4.78, 5) is 0. The van der Waals surface area contributed by atoms with Crippen molar-refractivity contribution in [2.45, 2.75) is 19.3 Å². The van der Waals surface area contributed by atoms with Gasteiger partial charge in [-0.2, -0.15) is 0 Å². The lowest BCUT2D eigenvalue weighted by Crippen LogP contribution is -1.99. The molecule has 0 bridgehead atoms. The molecule has 0 aliphatic heterocycles. The minimum Gasteiger partial charge on any atom is -0.484 e. The van der Waals surface area contributed by atoms with Crippen molar-refractivity contribution in [2.24, 2.45) is 0 Å². The minimum atomic E-state index is -0.210. The van der Waals surface area contributed by atoms with E-state index in [4.69, 9.17) is 10.1 Å². The molecule has 14 heavy (non-hydrogen) atoms. The Balaban J connectivity index is 2.31. The second kappa shape index (κ2) is 5.37. The summed E-state index contributed by atoms with van der Waals surface area (Å²) in [6, 6.07) is 6.45. The van der Waals surface area contributed by atoms with Crippen molar-refractivity contribution in [3.8, 4) is 0 Å². The van der Waals surface area contributed by atoms with Crippen molar-refractivity contribution in [3.05, 3.63) is 35.6 Å². The first kappa shape index (κ1) is 10.7. The minimum absolute atomic E-state index is 0.210. The first-order valence-corrected chi connectivity index (χ1v) is 4.58. The molecule has 1 N–H and O–H groups in total. The molecule has 76 valence electrons. The quantitative estimate of drug-likeness (QED) is 0.581. The van der Waals surface area contributed by atoms with Crippen LogP contribution in [0.25, 0.3) is 0 Å². The molecule has 0 spiro atoms. The number of halogens is 1. The smallest absolute Gasteiger partial charge is 0.180 e. The molecule has 3 heteroatoms. The molecule has 0 heterocycles. The monoisotopic (exact) mass is 195 g/mol. The molecule has 2 nitrogen and oxygen atoms in total. The average molecular weight is 195 g/mol. The molecule has 0 radical (unpaired) electrons. The van der Waals surface area contributed by atoms with Crippen LogP contribution in [-0.2, 0) is 11.2 Å². The SMILES string of the molecule is COC(=N)CCCc1ccc(F)cc1. The molecule has 1 aromatic rings. The first-order chi connectivity index (χ1) is 6.72. The Morgan fingerprint density at radius 3 is 2.57 bits per heavy atom. The highest BCUT2D eigenvalue weighted by Crippen LogP contribution is 2.07. The van der Waals surface area contributed by atoms with Crippen LogP contribution in [0.4, 0.5) is 4.39 Å². The van der Waals surface area contributed by atoms with E-state index in [2.05, 4.69) is 0 Å². The van der Waals surface area contributed by atoms with Crippen LogP contribution in [0, 0.1) is 11.2 Å². The lowest BCUT2D eigenvalue weighted by molar-refractivity contribution is 0.384. The van der Waals surface area contributed by atoms with E-state index in [0.717, 1.165) is 18.4 Å². The maximum Gasteiger partial charge on any atom is 0.180 e. The average Bonchev–Trinajstić information content (AvgIpc) is 2.21. The van der Waals surface area contributed by atoms with E-state index < -0.39 is 0 Å². The molecule has 0 aliphatic rings. The topological polar surface area (TPSA) is 33.1 Å². The molecule has 0 unspecified atom stereocenters. The maximum absolute atomic E-state index is 12.5. The predicted molar refractivity (Wildman–Crippen MR) is 54.1 cm³/mol. The van der Waals surface area contributed by atoms with Crippen LogP contribution < -0.4 is 0 Å². The van der Waals surface area contributed by atoms with Gasteiger partial charge in [-0.1, -0.05) is 12.1 Å². The van der Waals surface area contributed by atoms with E-state index in [1.54, 1.807) is 12.1 Å². The predicted octanol–water partition coefficient (Wildman–Crippen LogP) is 2.77. The number of aryl methyl sites for hydroxylation is 1. The third-order valence-electron chi connectivity index (χ3n) is 2.03. The zero-order chi connectivity index (χ0) is 10.4. The molecular formula is C11H14FNO. The van der Waals surface area contributed by atoms with Gasteiger partial charge in [-0.05, 0) is 30.5 Å². The number of hydrogen-bond acceptors (Lipinski definition) is 2. The van der Waals surface area contributed by atoms with E-state index in [9.17, 15) is 4.39 Å². The number of rotatable bonds is 4. The largest absolute Gasteiger partial charge is 0.484 e. The van der Waals surface area contributed by atoms with Gasteiger partial charge in [-0.3, -0.25) is 5.41 Å². The fourth-order valence-corrected chi connectivity index (χ4v) is 1.21. The normalized spacial score (nSPS) is 9.86. The van der Waals surface area contributed by atoms with Gasteiger partial charge in [0.05, 0.1) is 7.11 Å². The summed E-state index contributed by atoms with van der Waals surface area (Å²) in [5, 5.41) is 7.26. The van der Waals surface area contributed by atoms with E-state index >= 15 is 0 Å². The van der Waals surface area contributed by atoms with E-state index in [0.29, 0.717) is 12.3 Å². The summed E-state index contributed by atoms with van der Waals surface area (Å²) >= 11 is 0. The van der Waals surface area contributed by atoms with Crippen LogP contribution in [-0.4, -0.2) is 13.0 Å². The molecule has 0 saturated carbocycles. The van der Waals surface area contributed by atoms with Crippen LogP contribution >= 0.6 is 0 Å². The maximum atomic E-state index is 12.5. The molecule has 0 aromatic heterocycles. The second-order valence-electron chi connectivity index (χ2n) is 3.11. The zero-order valence-corrected chi connectivity index (χ0v) is 8.22. The summed E-state index contributed by atoms with van der Waals surface area (Å²) in [5.74, 6) is 0.0884. The summed E-state index contributed by atoms with van der Waals surface area (Å²) in [7, 11) is 1.50. The van der Waals surface area contributed by atoms with Crippen LogP contribution in [0.5, 0.6) is 0 Å². The van der Waals surface area contributed by atoms with Gasteiger partial charge in [-0.25, -0.2) is 4.39 Å². The Labute approximate surface area is 83.2 Å². The van der Waals surface area contributed by atoms with E-state index in [-0.39, 0.29) is 5.82 Å². The molecule has 0 amide bonds. The Bertz CT molecular complexity index is 295. The van der Waals surface area contributed by atoms with Crippen molar-refractivity contribution in [1.82, 2.24) is 0 Å². The van der Waals surface area contributed by atoms with Crippen LogP contribution in [0.3, 0.4) is 0 Å². The highest BCUT2D eigenvalue weighted by atomic mass is 19.1. The van der Waals surface area contributed by atoms with Crippen molar-refractivity contribution in [1.29, 1.82) is 5.41 Å². The molecule has 0 atom stereocenters. The highest BCUT2D eigenvalue weighted by molar-refractivity contribution is 5.72. The number of methoxy groups -OCH3 is 1. The molecule has 1 rings (SSSR count). The molecule has 0 saturated heterocycles. The van der Waals surface area contributed by atoms with E-state index in [1.165, 1.54) is 19.2 Å². The van der Waals surface area contributed by atoms with Crippen LogP contribution in [0.1, 0.15) is 18.4 Å². The van der Waals surface area contributed by atoms with Gasteiger partial charge in [0.1, 0.15) is 5.82 Å². The van der Waals surface area contributed by atoms with Crippen LogP contribution in [0.15, 0.2) is 24.3 Å². The fraction of sp³-hybridized carbons (Fsp3) is 0.364. The third kappa shape index (κ3) is 3.56. The highest BCUT2D eigenvalue weighted by Gasteiger charge is 1.97. The van der Waals surface area contributed by atoms with Gasteiger partial charge in [-0.15, -0.1) is 0 Å². The number of ether oxygens (including phenoxy) is 1. The van der Waals surface area contributed by atoms with Gasteiger partial charge in [0, 0.05) is 6.42 Å². The summed E-state index contributed by atoms with van der Waals surface area (Å²) in [6.07, 6.45) is 2.35. The number of benzene rings is 1. The zero-order valence-electron chi connectivity index (χ0n) is 8.22.